The van der Waals surface area contributed by atoms with Crippen LogP contribution in [0.1, 0.15) is 67.2 Å². The number of hydrogen-bond donors (Lipinski definition) is 2. The Labute approximate surface area is 200 Å². The van der Waals surface area contributed by atoms with Crippen LogP contribution in [0.4, 0.5) is 6.01 Å². The Bertz CT molecular complexity index is 955. The molecule has 0 bridgehead atoms. The summed E-state index contributed by atoms with van der Waals surface area (Å²) >= 11 is 0. The number of nitrogens with zero attached hydrogens (tertiary/aromatic N) is 3. The highest BCUT2D eigenvalue weighted by Gasteiger charge is 2.28. The summed E-state index contributed by atoms with van der Waals surface area (Å²) in [6.07, 6.45) is 3.69. The van der Waals surface area contributed by atoms with Gasteiger partial charge in [-0.15, -0.1) is 0 Å². The molecule has 0 radical (unpaired) electrons. The second kappa shape index (κ2) is 11.2. The van der Waals surface area contributed by atoms with Crippen LogP contribution in [-0.2, 0) is 4.74 Å². The Morgan fingerprint density at radius 2 is 2.09 bits per heavy atom. The molecule has 186 valence electrons. The highest BCUT2D eigenvalue weighted by Crippen LogP contribution is 2.26. The third kappa shape index (κ3) is 6.07. The van der Waals surface area contributed by atoms with Crippen molar-refractivity contribution in [3.8, 4) is 5.75 Å². The lowest BCUT2D eigenvalue weighted by Crippen LogP contribution is -2.42. The van der Waals surface area contributed by atoms with Crippen LogP contribution < -0.4 is 15.0 Å². The monoisotopic (exact) mass is 472 g/mol. The van der Waals surface area contributed by atoms with Gasteiger partial charge in [0.1, 0.15) is 5.75 Å². The van der Waals surface area contributed by atoms with Crippen molar-refractivity contribution in [3.05, 3.63) is 35.2 Å². The van der Waals surface area contributed by atoms with Crippen LogP contribution in [0.15, 0.2) is 22.7 Å². The minimum atomic E-state index is -0.657. The number of aromatic nitrogens is 2. The first-order chi connectivity index (χ1) is 16.4. The van der Waals surface area contributed by atoms with Gasteiger partial charge in [-0.25, -0.2) is 0 Å². The Morgan fingerprint density at radius 3 is 2.74 bits per heavy atom. The molecule has 2 aliphatic heterocycles. The summed E-state index contributed by atoms with van der Waals surface area (Å²) in [7, 11) is 0. The molecule has 1 amide bonds. The van der Waals surface area contributed by atoms with Gasteiger partial charge in [-0.2, -0.15) is 4.98 Å². The number of ether oxygens (including phenoxy) is 2. The van der Waals surface area contributed by atoms with Crippen molar-refractivity contribution in [2.24, 2.45) is 5.92 Å². The minimum absolute atomic E-state index is 0.203. The normalized spacial score (nSPS) is 21.3. The molecule has 2 atom stereocenters. The summed E-state index contributed by atoms with van der Waals surface area (Å²) < 4.78 is 16.6. The number of aliphatic hydroxyl groups is 1. The summed E-state index contributed by atoms with van der Waals surface area (Å²) in [6.45, 7) is 9.15. The molecule has 2 N–H and O–H groups in total. The van der Waals surface area contributed by atoms with E-state index >= 15 is 0 Å². The van der Waals surface area contributed by atoms with Gasteiger partial charge in [0.15, 0.2) is 5.82 Å². The zero-order chi connectivity index (χ0) is 24.1. The highest BCUT2D eigenvalue weighted by atomic mass is 16.5. The smallest absolute Gasteiger partial charge is 0.324 e. The van der Waals surface area contributed by atoms with E-state index in [4.69, 9.17) is 14.0 Å². The molecule has 1 aromatic heterocycles. The number of nitrogens with one attached hydrogen (secondary N) is 1. The van der Waals surface area contributed by atoms with Gasteiger partial charge in [0.2, 0.25) is 0 Å². The van der Waals surface area contributed by atoms with Crippen molar-refractivity contribution in [1.29, 1.82) is 0 Å². The van der Waals surface area contributed by atoms with Gasteiger partial charge in [-0.1, -0.05) is 19.0 Å². The summed E-state index contributed by atoms with van der Waals surface area (Å²) in [6, 6.07) is 5.79. The van der Waals surface area contributed by atoms with Crippen molar-refractivity contribution >= 4 is 11.9 Å². The molecule has 34 heavy (non-hydrogen) atoms. The number of aryl methyl sites for hydroxylation is 1. The average molecular weight is 473 g/mol. The van der Waals surface area contributed by atoms with Crippen LogP contribution in [0.5, 0.6) is 5.75 Å². The third-order valence-corrected chi connectivity index (χ3v) is 6.67. The van der Waals surface area contributed by atoms with Crippen molar-refractivity contribution in [2.45, 2.75) is 64.5 Å². The molecule has 0 unspecified atom stereocenters. The fourth-order valence-corrected chi connectivity index (χ4v) is 4.47. The van der Waals surface area contributed by atoms with Crippen LogP contribution in [0.3, 0.4) is 0 Å². The van der Waals surface area contributed by atoms with Crippen LogP contribution >= 0.6 is 0 Å². The Hall–Kier alpha value is -2.65. The topological polar surface area (TPSA) is 110 Å². The van der Waals surface area contributed by atoms with Gasteiger partial charge >= 0.3 is 6.01 Å². The number of amides is 1. The largest absolute Gasteiger partial charge is 0.494 e. The van der Waals surface area contributed by atoms with E-state index in [-0.39, 0.29) is 24.5 Å². The molecule has 2 aliphatic rings. The lowest BCUT2D eigenvalue weighted by Gasteiger charge is -2.30. The van der Waals surface area contributed by atoms with Crippen molar-refractivity contribution in [2.75, 3.05) is 37.8 Å². The van der Waals surface area contributed by atoms with E-state index in [1.54, 1.807) is 6.07 Å². The summed E-state index contributed by atoms with van der Waals surface area (Å²) in [5, 5.41) is 16.7. The zero-order valence-corrected chi connectivity index (χ0v) is 20.3. The van der Waals surface area contributed by atoms with Gasteiger partial charge in [0, 0.05) is 24.6 Å². The molecule has 9 nitrogen and oxygen atoms in total. The molecule has 3 heterocycles. The molecule has 2 aromatic rings. The van der Waals surface area contributed by atoms with Crippen LogP contribution in [0, 0.1) is 12.8 Å². The van der Waals surface area contributed by atoms with E-state index in [0.29, 0.717) is 30.7 Å². The number of piperidine rings is 1. The Kier molecular flexibility index (Phi) is 8.05. The molecule has 1 aromatic carbocycles. The highest BCUT2D eigenvalue weighted by molar-refractivity contribution is 5.96. The molecular formula is C25H36N4O5. The van der Waals surface area contributed by atoms with Gasteiger partial charge in [0.25, 0.3) is 5.91 Å². The Balaban J connectivity index is 1.16. The number of carbonyl (C=O) groups excluding carboxylic acids is 1. The van der Waals surface area contributed by atoms with Gasteiger partial charge in [-0.05, 0) is 62.3 Å². The van der Waals surface area contributed by atoms with Gasteiger partial charge in [0.05, 0.1) is 32.0 Å². The SMILES string of the molecule is Cc1cc(OCCCC2CCN(c3nc(C(C)C)no3)CC2)ccc1C(=O)N[C@@H]1COC[C@H]1O. The van der Waals surface area contributed by atoms with E-state index in [9.17, 15) is 9.90 Å². The predicted octanol–water partition coefficient (Wildman–Crippen LogP) is 3.07. The zero-order valence-electron chi connectivity index (χ0n) is 20.3. The summed E-state index contributed by atoms with van der Waals surface area (Å²) in [5.41, 5.74) is 1.43. The maximum absolute atomic E-state index is 12.5. The molecule has 9 heteroatoms. The fraction of sp³-hybridized carbons (Fsp3) is 0.640. The molecular weight excluding hydrogens is 436 g/mol. The minimum Gasteiger partial charge on any atom is -0.494 e. The van der Waals surface area contributed by atoms with Gasteiger partial charge < -0.3 is 29.3 Å². The number of hydrogen-bond acceptors (Lipinski definition) is 8. The summed E-state index contributed by atoms with van der Waals surface area (Å²) in [4.78, 5) is 19.2. The lowest BCUT2D eigenvalue weighted by molar-refractivity contribution is 0.0885. The molecule has 0 aliphatic carbocycles. The van der Waals surface area contributed by atoms with Crippen molar-refractivity contribution in [1.82, 2.24) is 15.5 Å². The number of carbonyl (C=O) groups is 1. The molecule has 2 fully saturated rings. The third-order valence-electron chi connectivity index (χ3n) is 6.67. The van der Waals surface area contributed by atoms with E-state index < -0.39 is 6.10 Å². The number of anilines is 1. The molecule has 4 rings (SSSR count). The van der Waals surface area contributed by atoms with Crippen molar-refractivity contribution < 1.29 is 23.9 Å². The standard InChI is InChI=1S/C25H36N4O5/c1-16(2)23-27-25(34-28-23)29-10-8-18(9-11-29)5-4-12-33-19-6-7-20(17(3)13-19)24(31)26-21-14-32-15-22(21)30/h6-7,13,16,18,21-22,30H,4-5,8-12,14-15H2,1-3H3,(H,26,31)/t21-,22-/m1/s1. The second-order valence-electron chi connectivity index (χ2n) is 9.67. The van der Waals surface area contributed by atoms with Crippen LogP contribution in [0.2, 0.25) is 0 Å². The van der Waals surface area contributed by atoms with Crippen LogP contribution in [-0.4, -0.2) is 66.2 Å². The fourth-order valence-electron chi connectivity index (χ4n) is 4.47. The first kappa shape index (κ1) is 24.5. The molecule has 0 saturated carbocycles. The quantitative estimate of drug-likeness (QED) is 0.536. The summed E-state index contributed by atoms with van der Waals surface area (Å²) in [5.74, 6) is 2.28. The van der Waals surface area contributed by atoms with Gasteiger partial charge in [-0.3, -0.25) is 4.79 Å². The van der Waals surface area contributed by atoms with Crippen LogP contribution in [0.25, 0.3) is 0 Å². The van der Waals surface area contributed by atoms with E-state index in [1.807, 2.05) is 19.1 Å². The Morgan fingerprint density at radius 1 is 1.29 bits per heavy atom. The molecule has 2 saturated heterocycles. The van der Waals surface area contributed by atoms with E-state index in [1.165, 1.54) is 0 Å². The number of rotatable bonds is 9. The molecule has 0 spiro atoms. The first-order valence-electron chi connectivity index (χ1n) is 12.3. The van der Waals surface area contributed by atoms with Crippen molar-refractivity contribution in [3.63, 3.8) is 0 Å². The first-order valence-corrected chi connectivity index (χ1v) is 12.3. The number of aliphatic hydroxyl groups excluding tert-OH is 1. The van der Waals surface area contributed by atoms with E-state index in [0.717, 1.165) is 55.9 Å². The van der Waals surface area contributed by atoms with E-state index in [2.05, 4.69) is 34.2 Å². The maximum Gasteiger partial charge on any atom is 0.324 e. The average Bonchev–Trinajstić information content (AvgIpc) is 3.47. The number of benzene rings is 1. The predicted molar refractivity (Wildman–Crippen MR) is 127 cm³/mol. The second-order valence-corrected chi connectivity index (χ2v) is 9.67. The maximum atomic E-state index is 12.5. The lowest BCUT2D eigenvalue weighted by atomic mass is 9.92.